The molecule has 3 amide bonds. The summed E-state index contributed by atoms with van der Waals surface area (Å²) in [5.74, 6) is 0.825. The predicted molar refractivity (Wildman–Crippen MR) is 125 cm³/mol. The summed E-state index contributed by atoms with van der Waals surface area (Å²) in [4.78, 5) is 29.8. The maximum absolute atomic E-state index is 12.9. The molecule has 8 heteroatoms. The van der Waals surface area contributed by atoms with Gasteiger partial charge in [-0.1, -0.05) is 30.3 Å². The van der Waals surface area contributed by atoms with E-state index in [1.54, 1.807) is 19.2 Å². The van der Waals surface area contributed by atoms with Crippen molar-refractivity contribution in [2.75, 3.05) is 48.8 Å². The third-order valence-corrected chi connectivity index (χ3v) is 6.07. The van der Waals surface area contributed by atoms with E-state index in [1.165, 1.54) is 11.3 Å². The summed E-state index contributed by atoms with van der Waals surface area (Å²) in [6.45, 7) is 2.74. The van der Waals surface area contributed by atoms with E-state index in [0.29, 0.717) is 28.7 Å². The van der Waals surface area contributed by atoms with Gasteiger partial charge in [0.1, 0.15) is 5.75 Å². The number of piperazine rings is 1. The van der Waals surface area contributed by atoms with Crippen LogP contribution in [0, 0.1) is 0 Å². The summed E-state index contributed by atoms with van der Waals surface area (Å²) in [5.41, 5.74) is 1.75. The Morgan fingerprint density at radius 3 is 2.32 bits per heavy atom. The molecule has 0 aliphatic carbocycles. The molecule has 1 aliphatic heterocycles. The van der Waals surface area contributed by atoms with Crippen molar-refractivity contribution in [2.24, 2.45) is 0 Å². The normalized spacial score (nSPS) is 13.6. The molecule has 4 rings (SSSR count). The van der Waals surface area contributed by atoms with Crippen molar-refractivity contribution in [2.45, 2.75) is 0 Å². The second-order valence-electron chi connectivity index (χ2n) is 7.06. The summed E-state index contributed by atoms with van der Waals surface area (Å²) in [6, 6.07) is 20.3. The standard InChI is InChI=1S/C23H24N4O3S/c1-30-19-10-6-5-9-18(19)26-13-15-27(16-14-26)22(28)20-11-12-21(31-20)25-23(29)24-17-7-3-2-4-8-17/h2-12H,13-16H2,1H3,(H2,24,25,29). The van der Waals surface area contributed by atoms with E-state index in [9.17, 15) is 9.59 Å². The number of thiophene rings is 1. The monoisotopic (exact) mass is 436 g/mol. The number of nitrogens with one attached hydrogen (secondary N) is 2. The van der Waals surface area contributed by atoms with Gasteiger partial charge in [-0.05, 0) is 36.4 Å². The lowest BCUT2D eigenvalue weighted by Gasteiger charge is -2.36. The topological polar surface area (TPSA) is 73.9 Å². The zero-order valence-corrected chi connectivity index (χ0v) is 18.0. The Kier molecular flexibility index (Phi) is 6.37. The number of hydrogen-bond donors (Lipinski definition) is 2. The zero-order valence-electron chi connectivity index (χ0n) is 17.2. The third-order valence-electron chi connectivity index (χ3n) is 5.08. The van der Waals surface area contributed by atoms with Gasteiger partial charge < -0.3 is 19.9 Å². The van der Waals surface area contributed by atoms with Gasteiger partial charge in [-0.25, -0.2) is 4.79 Å². The largest absolute Gasteiger partial charge is 0.495 e. The average Bonchev–Trinajstić information content (AvgIpc) is 3.27. The van der Waals surface area contributed by atoms with Crippen LogP contribution in [0.25, 0.3) is 0 Å². The van der Waals surface area contributed by atoms with Crippen molar-refractivity contribution in [1.29, 1.82) is 0 Å². The average molecular weight is 437 g/mol. The minimum atomic E-state index is -0.336. The third kappa shape index (κ3) is 4.97. The predicted octanol–water partition coefficient (Wildman–Crippen LogP) is 4.36. The van der Waals surface area contributed by atoms with E-state index in [2.05, 4.69) is 15.5 Å². The number of urea groups is 1. The zero-order chi connectivity index (χ0) is 21.6. The first kappa shape index (κ1) is 20.7. The van der Waals surface area contributed by atoms with Gasteiger partial charge in [-0.2, -0.15) is 0 Å². The number of carbonyl (C=O) groups excluding carboxylic acids is 2. The first-order valence-corrected chi connectivity index (χ1v) is 10.9. The van der Waals surface area contributed by atoms with Crippen molar-refractivity contribution in [3.63, 3.8) is 0 Å². The minimum Gasteiger partial charge on any atom is -0.495 e. The lowest BCUT2D eigenvalue weighted by molar-refractivity contribution is 0.0751. The highest BCUT2D eigenvalue weighted by Crippen LogP contribution is 2.29. The van der Waals surface area contributed by atoms with E-state index in [4.69, 9.17) is 4.74 Å². The molecule has 1 saturated heterocycles. The molecule has 2 heterocycles. The number of ether oxygens (including phenoxy) is 1. The molecule has 160 valence electrons. The molecule has 0 spiro atoms. The fourth-order valence-corrected chi connectivity index (χ4v) is 4.38. The van der Waals surface area contributed by atoms with Crippen LogP contribution in [0.15, 0.2) is 66.7 Å². The van der Waals surface area contributed by atoms with Gasteiger partial charge in [0, 0.05) is 31.9 Å². The Balaban J connectivity index is 1.32. The number of para-hydroxylation sites is 3. The summed E-state index contributed by atoms with van der Waals surface area (Å²) >= 11 is 1.28. The van der Waals surface area contributed by atoms with Gasteiger partial charge in [0.2, 0.25) is 0 Å². The second-order valence-corrected chi connectivity index (χ2v) is 8.14. The van der Waals surface area contributed by atoms with Crippen molar-refractivity contribution >= 4 is 39.7 Å². The molecule has 1 aromatic heterocycles. The van der Waals surface area contributed by atoms with Crippen LogP contribution in [0.2, 0.25) is 0 Å². The Hall–Kier alpha value is -3.52. The number of nitrogens with zero attached hydrogens (tertiary/aromatic N) is 2. The summed E-state index contributed by atoms with van der Waals surface area (Å²) < 4.78 is 5.45. The lowest BCUT2D eigenvalue weighted by Crippen LogP contribution is -2.48. The molecule has 0 unspecified atom stereocenters. The van der Waals surface area contributed by atoms with Gasteiger partial charge in [-0.15, -0.1) is 11.3 Å². The summed E-state index contributed by atoms with van der Waals surface area (Å²) in [7, 11) is 1.67. The maximum Gasteiger partial charge on any atom is 0.324 e. The van der Waals surface area contributed by atoms with E-state index in [-0.39, 0.29) is 11.9 Å². The number of anilines is 3. The van der Waals surface area contributed by atoms with Crippen molar-refractivity contribution < 1.29 is 14.3 Å². The summed E-state index contributed by atoms with van der Waals surface area (Å²) in [5, 5.41) is 6.18. The van der Waals surface area contributed by atoms with E-state index in [1.807, 2.05) is 59.5 Å². The number of rotatable bonds is 5. The maximum atomic E-state index is 12.9. The van der Waals surface area contributed by atoms with Crippen LogP contribution in [0.5, 0.6) is 5.75 Å². The molecule has 0 saturated carbocycles. The number of methoxy groups -OCH3 is 1. The number of amides is 3. The molecule has 2 N–H and O–H groups in total. The van der Waals surface area contributed by atoms with Gasteiger partial charge in [0.05, 0.1) is 22.7 Å². The highest BCUT2D eigenvalue weighted by Gasteiger charge is 2.24. The van der Waals surface area contributed by atoms with Crippen LogP contribution in [-0.2, 0) is 0 Å². The van der Waals surface area contributed by atoms with Crippen molar-refractivity contribution in [1.82, 2.24) is 4.90 Å². The molecule has 31 heavy (non-hydrogen) atoms. The highest BCUT2D eigenvalue weighted by molar-refractivity contribution is 7.18. The molecular formula is C23H24N4O3S. The molecule has 0 bridgehead atoms. The summed E-state index contributed by atoms with van der Waals surface area (Å²) in [6.07, 6.45) is 0. The van der Waals surface area contributed by atoms with Crippen molar-refractivity contribution in [3.8, 4) is 5.75 Å². The lowest BCUT2D eigenvalue weighted by atomic mass is 10.2. The first-order valence-electron chi connectivity index (χ1n) is 10.0. The molecule has 3 aromatic rings. The van der Waals surface area contributed by atoms with E-state index in [0.717, 1.165) is 24.5 Å². The Bertz CT molecular complexity index is 1050. The van der Waals surface area contributed by atoms with Crippen LogP contribution in [0.3, 0.4) is 0 Å². The molecular weight excluding hydrogens is 412 g/mol. The molecule has 7 nitrogen and oxygen atoms in total. The molecule has 0 atom stereocenters. The molecule has 1 fully saturated rings. The fraction of sp³-hybridized carbons (Fsp3) is 0.217. The van der Waals surface area contributed by atoms with Crippen LogP contribution in [0.1, 0.15) is 9.67 Å². The van der Waals surface area contributed by atoms with Gasteiger partial charge in [0.25, 0.3) is 5.91 Å². The quantitative estimate of drug-likeness (QED) is 0.623. The highest BCUT2D eigenvalue weighted by atomic mass is 32.1. The minimum absolute atomic E-state index is 0.0128. The number of benzene rings is 2. The SMILES string of the molecule is COc1ccccc1N1CCN(C(=O)c2ccc(NC(=O)Nc3ccccc3)s2)CC1. The van der Waals surface area contributed by atoms with Gasteiger partial charge in [-0.3, -0.25) is 10.1 Å². The number of carbonyl (C=O) groups is 2. The van der Waals surface area contributed by atoms with Gasteiger partial charge in [0.15, 0.2) is 0 Å². The van der Waals surface area contributed by atoms with Crippen LogP contribution < -0.4 is 20.3 Å². The number of hydrogen-bond acceptors (Lipinski definition) is 5. The Morgan fingerprint density at radius 2 is 1.58 bits per heavy atom. The Morgan fingerprint density at radius 1 is 0.871 bits per heavy atom. The fourth-order valence-electron chi connectivity index (χ4n) is 3.51. The molecule has 1 aliphatic rings. The van der Waals surface area contributed by atoms with E-state index < -0.39 is 0 Å². The van der Waals surface area contributed by atoms with Crippen LogP contribution in [-0.4, -0.2) is 50.1 Å². The molecule has 2 aromatic carbocycles. The van der Waals surface area contributed by atoms with E-state index >= 15 is 0 Å². The van der Waals surface area contributed by atoms with Crippen LogP contribution >= 0.6 is 11.3 Å². The van der Waals surface area contributed by atoms with Crippen LogP contribution in [0.4, 0.5) is 21.2 Å². The first-order chi connectivity index (χ1) is 15.1. The second kappa shape index (κ2) is 9.53. The molecule has 0 radical (unpaired) electrons. The Labute approximate surface area is 185 Å². The smallest absolute Gasteiger partial charge is 0.324 e. The van der Waals surface area contributed by atoms with Gasteiger partial charge >= 0.3 is 6.03 Å². The van der Waals surface area contributed by atoms with Crippen molar-refractivity contribution in [3.05, 3.63) is 71.6 Å².